The summed E-state index contributed by atoms with van der Waals surface area (Å²) >= 11 is 0. The fourth-order valence-electron chi connectivity index (χ4n) is 3.34. The van der Waals surface area contributed by atoms with Gasteiger partial charge < -0.3 is 15.0 Å². The van der Waals surface area contributed by atoms with Crippen molar-refractivity contribution >= 4 is 11.8 Å². The van der Waals surface area contributed by atoms with Gasteiger partial charge in [-0.05, 0) is 24.0 Å². The van der Waals surface area contributed by atoms with Crippen LogP contribution < -0.4 is 5.32 Å². The predicted octanol–water partition coefficient (Wildman–Crippen LogP) is 0.517. The number of methoxy groups -OCH3 is 1. The molecule has 2 amide bonds. The van der Waals surface area contributed by atoms with Crippen LogP contribution in [-0.2, 0) is 27.2 Å². The van der Waals surface area contributed by atoms with Crippen molar-refractivity contribution in [3.8, 4) is 0 Å². The molecule has 0 aromatic heterocycles. The van der Waals surface area contributed by atoms with Gasteiger partial charge in [0.15, 0.2) is 0 Å². The van der Waals surface area contributed by atoms with Gasteiger partial charge >= 0.3 is 0 Å². The molecule has 1 fully saturated rings. The Labute approximate surface area is 124 Å². The average molecular weight is 288 g/mol. The number of hydrogen-bond donors (Lipinski definition) is 1. The van der Waals surface area contributed by atoms with Gasteiger partial charge in [-0.3, -0.25) is 9.59 Å². The van der Waals surface area contributed by atoms with E-state index >= 15 is 0 Å². The van der Waals surface area contributed by atoms with E-state index in [0.29, 0.717) is 13.0 Å². The molecule has 1 aromatic carbocycles. The first kappa shape index (κ1) is 14.1. The Morgan fingerprint density at radius 2 is 1.95 bits per heavy atom. The first-order valence-electron chi connectivity index (χ1n) is 7.32. The number of benzene rings is 1. The Hall–Kier alpha value is -1.88. The summed E-state index contributed by atoms with van der Waals surface area (Å²) in [6.45, 7) is 0.645. The van der Waals surface area contributed by atoms with Crippen LogP contribution in [0.3, 0.4) is 0 Å². The van der Waals surface area contributed by atoms with Crippen LogP contribution in [-0.4, -0.2) is 49.1 Å². The van der Waals surface area contributed by atoms with Gasteiger partial charge in [0.2, 0.25) is 11.8 Å². The first-order valence-corrected chi connectivity index (χ1v) is 7.32. The molecule has 2 aliphatic rings. The third-order valence-electron chi connectivity index (χ3n) is 4.27. The van der Waals surface area contributed by atoms with Crippen molar-refractivity contribution in [1.29, 1.82) is 0 Å². The second kappa shape index (κ2) is 5.85. The van der Waals surface area contributed by atoms with Crippen LogP contribution in [0.15, 0.2) is 24.3 Å². The molecule has 3 rings (SSSR count). The van der Waals surface area contributed by atoms with E-state index in [2.05, 4.69) is 17.4 Å². The molecule has 1 aliphatic carbocycles. The van der Waals surface area contributed by atoms with E-state index in [1.807, 2.05) is 17.0 Å². The summed E-state index contributed by atoms with van der Waals surface area (Å²) in [4.78, 5) is 25.7. The highest BCUT2D eigenvalue weighted by molar-refractivity contribution is 5.83. The highest BCUT2D eigenvalue weighted by Gasteiger charge is 2.37. The lowest BCUT2D eigenvalue weighted by molar-refractivity contribution is -0.129. The van der Waals surface area contributed by atoms with Crippen LogP contribution in [0.5, 0.6) is 0 Å². The van der Waals surface area contributed by atoms with E-state index in [0.717, 1.165) is 12.8 Å². The van der Waals surface area contributed by atoms with Crippen molar-refractivity contribution in [2.45, 2.75) is 31.3 Å². The Bertz CT molecular complexity index is 533. The Balaban J connectivity index is 1.61. The zero-order chi connectivity index (χ0) is 14.8. The Morgan fingerprint density at radius 3 is 2.57 bits per heavy atom. The molecule has 21 heavy (non-hydrogen) atoms. The third-order valence-corrected chi connectivity index (χ3v) is 4.27. The monoisotopic (exact) mass is 288 g/mol. The second-order valence-electron chi connectivity index (χ2n) is 5.78. The maximum atomic E-state index is 12.2. The second-order valence-corrected chi connectivity index (χ2v) is 5.78. The number of ether oxygens (including phenoxy) is 1. The molecule has 1 atom stereocenters. The van der Waals surface area contributed by atoms with Gasteiger partial charge in [0.25, 0.3) is 0 Å². The fourth-order valence-corrected chi connectivity index (χ4v) is 3.34. The Kier molecular flexibility index (Phi) is 3.92. The van der Waals surface area contributed by atoms with Crippen molar-refractivity contribution in [1.82, 2.24) is 10.2 Å². The van der Waals surface area contributed by atoms with E-state index in [-0.39, 0.29) is 30.5 Å². The summed E-state index contributed by atoms with van der Waals surface area (Å²) < 4.78 is 4.80. The largest absolute Gasteiger partial charge is 0.375 e. The summed E-state index contributed by atoms with van der Waals surface area (Å²) in [5.41, 5.74) is 2.67. The summed E-state index contributed by atoms with van der Waals surface area (Å²) in [6.07, 6.45) is 2.23. The lowest BCUT2D eigenvalue weighted by atomic mass is 10.1. The van der Waals surface area contributed by atoms with E-state index in [4.69, 9.17) is 4.74 Å². The molecule has 112 valence electrons. The van der Waals surface area contributed by atoms with Gasteiger partial charge in [0, 0.05) is 26.1 Å². The Morgan fingerprint density at radius 1 is 1.29 bits per heavy atom. The first-order chi connectivity index (χ1) is 10.2. The van der Waals surface area contributed by atoms with Crippen LogP contribution >= 0.6 is 0 Å². The average Bonchev–Trinajstić information content (AvgIpc) is 3.02. The number of carbonyl (C=O) groups is 2. The van der Waals surface area contributed by atoms with Crippen LogP contribution in [0, 0.1) is 0 Å². The van der Waals surface area contributed by atoms with Crippen molar-refractivity contribution in [3.63, 3.8) is 0 Å². The molecule has 0 radical (unpaired) electrons. The molecule has 0 bridgehead atoms. The number of likely N-dealkylation sites (tertiary alicyclic amines) is 1. The molecule has 0 saturated carbocycles. The van der Waals surface area contributed by atoms with E-state index in [1.54, 1.807) is 0 Å². The molecule has 0 spiro atoms. The number of amides is 2. The molecule has 1 aliphatic heterocycles. The zero-order valence-corrected chi connectivity index (χ0v) is 12.2. The molecule has 1 aromatic rings. The molecule has 1 saturated heterocycles. The van der Waals surface area contributed by atoms with Gasteiger partial charge in [0.05, 0.1) is 6.04 Å². The minimum Gasteiger partial charge on any atom is -0.375 e. The highest BCUT2D eigenvalue weighted by Crippen LogP contribution is 2.28. The smallest absolute Gasteiger partial charge is 0.246 e. The number of fused-ring (bicyclic) bond motifs is 1. The standard InChI is InChI=1S/C16H20N2O3/c1-21-10-15(19)17-13-8-16(20)18(9-13)14-6-11-4-2-3-5-12(11)7-14/h2-5,13-14H,6-10H2,1H3,(H,17,19). The van der Waals surface area contributed by atoms with Gasteiger partial charge in [-0.15, -0.1) is 0 Å². The summed E-state index contributed by atoms with van der Waals surface area (Å²) in [5.74, 6) is -0.0256. The molecular formula is C16H20N2O3. The quantitative estimate of drug-likeness (QED) is 0.878. The van der Waals surface area contributed by atoms with Crippen LogP contribution in [0.2, 0.25) is 0 Å². The molecule has 5 heteroatoms. The molecule has 1 N–H and O–H groups in total. The van der Waals surface area contributed by atoms with Crippen molar-refractivity contribution in [3.05, 3.63) is 35.4 Å². The lowest BCUT2D eigenvalue weighted by Gasteiger charge is -2.24. The highest BCUT2D eigenvalue weighted by atomic mass is 16.5. The topological polar surface area (TPSA) is 58.6 Å². The molecule has 1 unspecified atom stereocenters. The van der Waals surface area contributed by atoms with E-state index in [9.17, 15) is 9.59 Å². The lowest BCUT2D eigenvalue weighted by Crippen LogP contribution is -2.41. The molecule has 1 heterocycles. The van der Waals surface area contributed by atoms with Crippen molar-refractivity contribution in [2.75, 3.05) is 20.3 Å². The molecular weight excluding hydrogens is 268 g/mol. The maximum Gasteiger partial charge on any atom is 0.246 e. The minimum absolute atomic E-state index is 0.0412. The third kappa shape index (κ3) is 2.93. The van der Waals surface area contributed by atoms with Gasteiger partial charge in [-0.2, -0.15) is 0 Å². The number of nitrogens with one attached hydrogen (secondary N) is 1. The van der Waals surface area contributed by atoms with Crippen molar-refractivity contribution < 1.29 is 14.3 Å². The SMILES string of the molecule is COCC(=O)NC1CC(=O)N(C2Cc3ccccc3C2)C1. The number of nitrogens with zero attached hydrogens (tertiary/aromatic N) is 1. The minimum atomic E-state index is -0.160. The summed E-state index contributed by atoms with van der Waals surface area (Å²) in [6, 6.07) is 8.49. The zero-order valence-electron chi connectivity index (χ0n) is 12.2. The summed E-state index contributed by atoms with van der Waals surface area (Å²) in [5, 5.41) is 2.86. The normalized spacial score (nSPS) is 21.7. The van der Waals surface area contributed by atoms with Gasteiger partial charge in [0.1, 0.15) is 6.61 Å². The van der Waals surface area contributed by atoms with E-state index < -0.39 is 0 Å². The summed E-state index contributed by atoms with van der Waals surface area (Å²) in [7, 11) is 1.49. The van der Waals surface area contributed by atoms with Gasteiger partial charge in [-0.25, -0.2) is 0 Å². The van der Waals surface area contributed by atoms with Crippen LogP contribution in [0.25, 0.3) is 0 Å². The number of hydrogen-bond acceptors (Lipinski definition) is 3. The molecule has 5 nitrogen and oxygen atoms in total. The maximum absolute atomic E-state index is 12.2. The number of rotatable bonds is 4. The number of carbonyl (C=O) groups excluding carboxylic acids is 2. The predicted molar refractivity (Wildman–Crippen MR) is 77.8 cm³/mol. The van der Waals surface area contributed by atoms with Crippen LogP contribution in [0.4, 0.5) is 0 Å². The van der Waals surface area contributed by atoms with Gasteiger partial charge in [-0.1, -0.05) is 24.3 Å². The van der Waals surface area contributed by atoms with E-state index in [1.165, 1.54) is 18.2 Å². The van der Waals surface area contributed by atoms with Crippen molar-refractivity contribution in [2.24, 2.45) is 0 Å². The van der Waals surface area contributed by atoms with Crippen LogP contribution in [0.1, 0.15) is 17.5 Å². The fraction of sp³-hybridized carbons (Fsp3) is 0.500.